The molecule has 1 atom stereocenters. The van der Waals surface area contributed by atoms with Gasteiger partial charge in [0.05, 0.1) is 6.54 Å². The number of hydrogen-bond acceptors (Lipinski definition) is 4. The summed E-state index contributed by atoms with van der Waals surface area (Å²) in [6, 6.07) is 19.9. The smallest absolute Gasteiger partial charge is 0.319 e. The van der Waals surface area contributed by atoms with E-state index in [1.54, 1.807) is 48.5 Å². The number of Topliss-reactive ketones (excluding diaryl/α,β-unsaturated/α-hetero) is 1. The second-order valence-electron chi connectivity index (χ2n) is 10.0. The number of carbonyl (C=O) groups is 2. The van der Waals surface area contributed by atoms with Crippen LogP contribution in [0.25, 0.3) is 0 Å². The molecule has 38 heavy (non-hydrogen) atoms. The molecule has 0 aromatic heterocycles. The SMILES string of the molecule is CC(=O)c1cccc(NC(=O)NC[C@@](O)(CN2CCC(Cc3ccc(F)cc3)CC2)c2ccc(Cl)cc2)c1. The maximum atomic E-state index is 13.2. The maximum absolute atomic E-state index is 13.2. The number of nitrogens with one attached hydrogen (secondary N) is 2. The summed E-state index contributed by atoms with van der Waals surface area (Å²) in [5.41, 5.74) is 1.45. The summed E-state index contributed by atoms with van der Waals surface area (Å²) in [4.78, 5) is 26.5. The molecule has 3 aromatic rings. The Labute approximate surface area is 227 Å². The highest BCUT2D eigenvalue weighted by Crippen LogP contribution is 2.28. The number of halogens is 2. The van der Waals surface area contributed by atoms with Crippen LogP contribution in [0.5, 0.6) is 0 Å². The van der Waals surface area contributed by atoms with Gasteiger partial charge in [0.1, 0.15) is 11.4 Å². The van der Waals surface area contributed by atoms with Gasteiger partial charge >= 0.3 is 6.03 Å². The standard InChI is InChI=1S/C30H33ClFN3O3/c1-21(36)24-3-2-4-28(18-24)34-29(37)33-19-30(38,25-7-9-26(31)10-8-25)20-35-15-13-23(14-16-35)17-22-5-11-27(32)12-6-22/h2-12,18,23,38H,13-17,19-20H2,1H3,(H2,33,34,37)/t30-/m1/s1. The van der Waals surface area contributed by atoms with Crippen LogP contribution in [0.3, 0.4) is 0 Å². The van der Waals surface area contributed by atoms with Crippen LogP contribution in [-0.4, -0.2) is 48.0 Å². The molecule has 0 saturated carbocycles. The predicted octanol–water partition coefficient (Wildman–Crippen LogP) is 5.65. The van der Waals surface area contributed by atoms with E-state index >= 15 is 0 Å². The summed E-state index contributed by atoms with van der Waals surface area (Å²) in [5.74, 6) is 0.180. The summed E-state index contributed by atoms with van der Waals surface area (Å²) in [5, 5.41) is 17.9. The van der Waals surface area contributed by atoms with Crippen LogP contribution in [0.4, 0.5) is 14.9 Å². The number of aliphatic hydroxyl groups is 1. The van der Waals surface area contributed by atoms with Crippen LogP contribution in [-0.2, 0) is 12.0 Å². The van der Waals surface area contributed by atoms with Crippen molar-refractivity contribution in [1.82, 2.24) is 10.2 Å². The van der Waals surface area contributed by atoms with E-state index in [4.69, 9.17) is 11.6 Å². The minimum atomic E-state index is -1.34. The molecule has 3 N–H and O–H groups in total. The van der Waals surface area contributed by atoms with E-state index in [0.717, 1.165) is 37.9 Å². The largest absolute Gasteiger partial charge is 0.382 e. The van der Waals surface area contributed by atoms with Crippen LogP contribution in [0.2, 0.25) is 5.02 Å². The van der Waals surface area contributed by atoms with Crippen molar-refractivity contribution >= 4 is 29.1 Å². The number of ketones is 1. The van der Waals surface area contributed by atoms with Crippen molar-refractivity contribution in [2.45, 2.75) is 31.8 Å². The lowest BCUT2D eigenvalue weighted by Crippen LogP contribution is -2.51. The molecule has 6 nitrogen and oxygen atoms in total. The molecule has 3 aromatic carbocycles. The Bertz CT molecular complexity index is 1240. The van der Waals surface area contributed by atoms with Crippen LogP contribution < -0.4 is 10.6 Å². The van der Waals surface area contributed by atoms with Gasteiger partial charge in [-0.15, -0.1) is 0 Å². The fourth-order valence-electron chi connectivity index (χ4n) is 4.90. The van der Waals surface area contributed by atoms with E-state index < -0.39 is 11.6 Å². The average molecular weight is 538 g/mol. The first-order valence-electron chi connectivity index (χ1n) is 12.8. The topological polar surface area (TPSA) is 81.7 Å². The second kappa shape index (κ2) is 12.5. The number of likely N-dealkylation sites (tertiary alicyclic amines) is 1. The molecule has 4 rings (SSSR count). The van der Waals surface area contributed by atoms with Gasteiger partial charge < -0.3 is 20.6 Å². The number of nitrogens with zero attached hydrogens (tertiary/aromatic N) is 1. The Morgan fingerprint density at radius 3 is 2.39 bits per heavy atom. The van der Waals surface area contributed by atoms with Crippen molar-refractivity contribution in [3.8, 4) is 0 Å². The molecule has 1 fully saturated rings. The molecule has 1 saturated heterocycles. The molecule has 1 heterocycles. The van der Waals surface area contributed by atoms with Gasteiger partial charge in [0.15, 0.2) is 5.78 Å². The van der Waals surface area contributed by atoms with Gasteiger partial charge in [-0.05, 0) is 92.7 Å². The quantitative estimate of drug-likeness (QED) is 0.308. The zero-order valence-corrected chi connectivity index (χ0v) is 22.2. The van der Waals surface area contributed by atoms with Gasteiger partial charge in [-0.1, -0.05) is 48.0 Å². The highest BCUT2D eigenvalue weighted by molar-refractivity contribution is 6.30. The molecule has 0 bridgehead atoms. The summed E-state index contributed by atoms with van der Waals surface area (Å²) < 4.78 is 13.2. The minimum absolute atomic E-state index is 0.0115. The average Bonchev–Trinajstić information content (AvgIpc) is 2.90. The molecule has 200 valence electrons. The molecule has 1 aliphatic heterocycles. The van der Waals surface area contributed by atoms with Crippen molar-refractivity contribution in [1.29, 1.82) is 0 Å². The maximum Gasteiger partial charge on any atom is 0.319 e. The number of amides is 2. The van der Waals surface area contributed by atoms with E-state index in [2.05, 4.69) is 15.5 Å². The van der Waals surface area contributed by atoms with Gasteiger partial charge in [-0.3, -0.25) is 4.79 Å². The first-order valence-corrected chi connectivity index (χ1v) is 13.2. The number of rotatable bonds is 9. The van der Waals surface area contributed by atoms with E-state index in [9.17, 15) is 19.1 Å². The van der Waals surface area contributed by atoms with E-state index in [1.807, 2.05) is 12.1 Å². The number of anilines is 1. The van der Waals surface area contributed by atoms with Crippen molar-refractivity contribution in [3.63, 3.8) is 0 Å². The third kappa shape index (κ3) is 7.63. The zero-order valence-electron chi connectivity index (χ0n) is 21.4. The van der Waals surface area contributed by atoms with E-state index in [1.165, 1.54) is 19.1 Å². The lowest BCUT2D eigenvalue weighted by atomic mass is 9.88. The molecule has 0 unspecified atom stereocenters. The number of carbonyl (C=O) groups excluding carboxylic acids is 2. The first-order chi connectivity index (χ1) is 18.2. The third-order valence-electron chi connectivity index (χ3n) is 7.08. The fraction of sp³-hybridized carbons (Fsp3) is 0.333. The Hall–Kier alpha value is -3.26. The Balaban J connectivity index is 1.38. The molecule has 0 spiro atoms. The molecule has 8 heteroatoms. The highest BCUT2D eigenvalue weighted by Gasteiger charge is 2.34. The van der Waals surface area contributed by atoms with Gasteiger partial charge in [-0.25, -0.2) is 9.18 Å². The van der Waals surface area contributed by atoms with Gasteiger partial charge in [-0.2, -0.15) is 0 Å². The van der Waals surface area contributed by atoms with Gasteiger partial charge in [0.25, 0.3) is 0 Å². The summed E-state index contributed by atoms with van der Waals surface area (Å²) in [7, 11) is 0. The number of hydrogen-bond donors (Lipinski definition) is 3. The van der Waals surface area contributed by atoms with Crippen molar-refractivity contribution < 1.29 is 19.1 Å². The van der Waals surface area contributed by atoms with E-state index in [-0.39, 0.29) is 18.1 Å². The first kappa shape index (κ1) is 27.8. The fourth-order valence-corrected chi connectivity index (χ4v) is 5.03. The number of piperidine rings is 1. The Morgan fingerprint density at radius 2 is 1.74 bits per heavy atom. The van der Waals surface area contributed by atoms with Crippen LogP contribution in [0.1, 0.15) is 41.3 Å². The molecular weight excluding hydrogens is 505 g/mol. The van der Waals surface area contributed by atoms with Crippen LogP contribution in [0.15, 0.2) is 72.8 Å². The van der Waals surface area contributed by atoms with Gasteiger partial charge in [0.2, 0.25) is 0 Å². The summed E-state index contributed by atoms with van der Waals surface area (Å²) in [6.07, 6.45) is 2.84. The monoisotopic (exact) mass is 537 g/mol. The van der Waals surface area contributed by atoms with E-state index in [0.29, 0.717) is 34.3 Å². The number of β-amino-alcohol motifs (C(OH)–C–C–N with tert-alkyl or cyclic N) is 1. The van der Waals surface area contributed by atoms with Crippen molar-refractivity contribution in [2.75, 3.05) is 31.5 Å². The summed E-state index contributed by atoms with van der Waals surface area (Å²) >= 11 is 6.08. The van der Waals surface area contributed by atoms with Crippen LogP contribution >= 0.6 is 11.6 Å². The third-order valence-corrected chi connectivity index (χ3v) is 7.33. The highest BCUT2D eigenvalue weighted by atomic mass is 35.5. The zero-order chi connectivity index (χ0) is 27.1. The predicted molar refractivity (Wildman–Crippen MR) is 148 cm³/mol. The van der Waals surface area contributed by atoms with Gasteiger partial charge in [0, 0.05) is 22.8 Å². The Morgan fingerprint density at radius 1 is 1.05 bits per heavy atom. The summed E-state index contributed by atoms with van der Waals surface area (Å²) in [6.45, 7) is 3.43. The minimum Gasteiger partial charge on any atom is -0.382 e. The lowest BCUT2D eigenvalue weighted by Gasteiger charge is -2.38. The molecule has 0 aliphatic carbocycles. The molecule has 0 radical (unpaired) electrons. The Kier molecular flexibility index (Phi) is 9.15. The molecule has 2 amide bonds. The number of benzene rings is 3. The lowest BCUT2D eigenvalue weighted by molar-refractivity contribution is -0.00682. The molecule has 1 aliphatic rings. The van der Waals surface area contributed by atoms with Crippen molar-refractivity contribution in [3.05, 3.63) is 100 Å². The molecular formula is C30H33ClFN3O3. The normalized spacial score (nSPS) is 16.0. The second-order valence-corrected chi connectivity index (χ2v) is 10.5. The van der Waals surface area contributed by atoms with Crippen molar-refractivity contribution in [2.24, 2.45) is 5.92 Å². The van der Waals surface area contributed by atoms with Crippen LogP contribution in [0, 0.1) is 11.7 Å². The number of urea groups is 1.